The number of carbonyl (C=O) groups excluding carboxylic acids is 1. The summed E-state index contributed by atoms with van der Waals surface area (Å²) in [6.45, 7) is 3.65. The van der Waals surface area contributed by atoms with Gasteiger partial charge in [-0.25, -0.2) is 0 Å². The van der Waals surface area contributed by atoms with E-state index < -0.39 is 6.10 Å². The predicted octanol–water partition coefficient (Wildman–Crippen LogP) is 2.43. The molecule has 0 radical (unpaired) electrons. The van der Waals surface area contributed by atoms with Crippen molar-refractivity contribution < 1.29 is 14.6 Å². The van der Waals surface area contributed by atoms with Gasteiger partial charge in [0.1, 0.15) is 11.9 Å². The average Bonchev–Trinajstić information content (AvgIpc) is 3.11. The van der Waals surface area contributed by atoms with Gasteiger partial charge in [0.05, 0.1) is 6.10 Å². The Morgan fingerprint density at radius 3 is 2.71 bits per heavy atom. The van der Waals surface area contributed by atoms with Gasteiger partial charge in [-0.1, -0.05) is 26.0 Å². The molecule has 1 unspecified atom stereocenters. The van der Waals surface area contributed by atoms with Gasteiger partial charge < -0.3 is 9.84 Å². The summed E-state index contributed by atoms with van der Waals surface area (Å²) < 4.78 is 5.62. The molecule has 1 saturated carbocycles. The molecule has 1 aliphatic carbocycles. The Morgan fingerprint density at radius 1 is 1.41 bits per heavy atom. The minimum Gasteiger partial charge on any atom is -0.490 e. The summed E-state index contributed by atoms with van der Waals surface area (Å²) in [5, 5.41) is 9.74. The largest absolute Gasteiger partial charge is 0.490 e. The van der Waals surface area contributed by atoms with Crippen molar-refractivity contribution in [2.75, 3.05) is 0 Å². The molecular weight excluding hydrogens is 216 g/mol. The SMILES string of the molecule is CC(C)C(O)C(=O)c1cccc(OC2CC2)c1. The van der Waals surface area contributed by atoms with Gasteiger partial charge >= 0.3 is 0 Å². The monoisotopic (exact) mass is 234 g/mol. The molecule has 3 nitrogen and oxygen atoms in total. The first-order valence-electron chi connectivity index (χ1n) is 6.07. The van der Waals surface area contributed by atoms with E-state index in [1.165, 1.54) is 0 Å². The second-order valence-corrected chi connectivity index (χ2v) is 4.90. The van der Waals surface area contributed by atoms with Crippen molar-refractivity contribution in [2.24, 2.45) is 5.92 Å². The molecule has 2 rings (SSSR count). The summed E-state index contributed by atoms with van der Waals surface area (Å²) in [7, 11) is 0. The van der Waals surface area contributed by atoms with E-state index in [1.807, 2.05) is 19.9 Å². The van der Waals surface area contributed by atoms with Gasteiger partial charge in [0.15, 0.2) is 5.78 Å². The molecular formula is C14H18O3. The van der Waals surface area contributed by atoms with Crippen LogP contribution in [0.3, 0.4) is 0 Å². The molecule has 1 N–H and O–H groups in total. The molecule has 1 aromatic carbocycles. The highest BCUT2D eigenvalue weighted by Crippen LogP contribution is 2.27. The minimum absolute atomic E-state index is 0.0736. The number of ketones is 1. The summed E-state index contributed by atoms with van der Waals surface area (Å²) >= 11 is 0. The van der Waals surface area contributed by atoms with E-state index in [0.29, 0.717) is 17.4 Å². The summed E-state index contributed by atoms with van der Waals surface area (Å²) in [4.78, 5) is 11.9. The van der Waals surface area contributed by atoms with Crippen LogP contribution in [-0.2, 0) is 0 Å². The van der Waals surface area contributed by atoms with Crippen molar-refractivity contribution in [3.05, 3.63) is 29.8 Å². The van der Waals surface area contributed by atoms with Crippen LogP contribution < -0.4 is 4.74 Å². The topological polar surface area (TPSA) is 46.5 Å². The van der Waals surface area contributed by atoms with E-state index in [1.54, 1.807) is 18.2 Å². The van der Waals surface area contributed by atoms with Crippen LogP contribution in [0.4, 0.5) is 0 Å². The van der Waals surface area contributed by atoms with Gasteiger partial charge in [-0.2, -0.15) is 0 Å². The smallest absolute Gasteiger partial charge is 0.191 e. The first-order chi connectivity index (χ1) is 8.08. The number of hydrogen-bond donors (Lipinski definition) is 1. The van der Waals surface area contributed by atoms with Crippen molar-refractivity contribution >= 4 is 5.78 Å². The third kappa shape index (κ3) is 3.07. The van der Waals surface area contributed by atoms with Gasteiger partial charge in [-0.3, -0.25) is 4.79 Å². The molecule has 92 valence electrons. The van der Waals surface area contributed by atoms with Gasteiger partial charge in [0, 0.05) is 5.56 Å². The number of Topliss-reactive ketones (excluding diaryl/α,β-unsaturated/α-hetero) is 1. The second-order valence-electron chi connectivity index (χ2n) is 4.90. The summed E-state index contributed by atoms with van der Waals surface area (Å²) in [6, 6.07) is 7.06. The van der Waals surface area contributed by atoms with Gasteiger partial charge in [-0.05, 0) is 30.9 Å². The van der Waals surface area contributed by atoms with E-state index in [-0.39, 0.29) is 11.7 Å². The van der Waals surface area contributed by atoms with Crippen LogP contribution >= 0.6 is 0 Å². The molecule has 0 aromatic heterocycles. The van der Waals surface area contributed by atoms with Crippen molar-refractivity contribution in [3.8, 4) is 5.75 Å². The molecule has 0 saturated heterocycles. The van der Waals surface area contributed by atoms with E-state index >= 15 is 0 Å². The fourth-order valence-electron chi connectivity index (χ4n) is 1.57. The second kappa shape index (κ2) is 4.88. The van der Waals surface area contributed by atoms with Crippen LogP contribution in [0.15, 0.2) is 24.3 Å². The molecule has 1 aliphatic rings. The van der Waals surface area contributed by atoms with Crippen LogP contribution in [0.5, 0.6) is 5.75 Å². The van der Waals surface area contributed by atoms with Crippen molar-refractivity contribution in [3.63, 3.8) is 0 Å². The normalized spacial score (nSPS) is 16.9. The number of aliphatic hydroxyl groups is 1. The first-order valence-corrected chi connectivity index (χ1v) is 6.07. The highest BCUT2D eigenvalue weighted by Gasteiger charge is 2.24. The molecule has 1 aromatic rings. The molecule has 0 spiro atoms. The highest BCUT2D eigenvalue weighted by molar-refractivity contribution is 5.99. The molecule has 0 bridgehead atoms. The quantitative estimate of drug-likeness (QED) is 0.796. The zero-order chi connectivity index (χ0) is 12.4. The number of carbonyl (C=O) groups is 1. The van der Waals surface area contributed by atoms with E-state index in [0.717, 1.165) is 12.8 Å². The Labute approximate surface area is 101 Å². The van der Waals surface area contributed by atoms with Crippen LogP contribution in [0.25, 0.3) is 0 Å². The van der Waals surface area contributed by atoms with Gasteiger partial charge in [0.25, 0.3) is 0 Å². The Morgan fingerprint density at radius 2 is 2.12 bits per heavy atom. The lowest BCUT2D eigenvalue weighted by molar-refractivity contribution is 0.0647. The van der Waals surface area contributed by atoms with Crippen molar-refractivity contribution in [2.45, 2.75) is 38.9 Å². The zero-order valence-electron chi connectivity index (χ0n) is 10.2. The maximum atomic E-state index is 11.9. The summed E-state index contributed by atoms with van der Waals surface area (Å²) in [5.41, 5.74) is 0.518. The predicted molar refractivity (Wildman–Crippen MR) is 65.3 cm³/mol. The van der Waals surface area contributed by atoms with Crippen LogP contribution in [-0.4, -0.2) is 23.1 Å². The fraction of sp³-hybridized carbons (Fsp3) is 0.500. The van der Waals surface area contributed by atoms with Crippen molar-refractivity contribution in [1.29, 1.82) is 0 Å². The van der Waals surface area contributed by atoms with E-state index in [9.17, 15) is 9.90 Å². The fourth-order valence-corrected chi connectivity index (χ4v) is 1.57. The number of aliphatic hydroxyl groups excluding tert-OH is 1. The van der Waals surface area contributed by atoms with Crippen molar-refractivity contribution in [1.82, 2.24) is 0 Å². The maximum absolute atomic E-state index is 11.9. The minimum atomic E-state index is -0.939. The Bertz CT molecular complexity index is 408. The van der Waals surface area contributed by atoms with Gasteiger partial charge in [0.2, 0.25) is 0 Å². The summed E-state index contributed by atoms with van der Waals surface area (Å²) in [6.07, 6.45) is 1.56. The molecule has 0 heterocycles. The number of rotatable bonds is 5. The number of hydrogen-bond acceptors (Lipinski definition) is 3. The van der Waals surface area contributed by atoms with E-state index in [2.05, 4.69) is 0 Å². The maximum Gasteiger partial charge on any atom is 0.191 e. The van der Waals surface area contributed by atoms with Crippen LogP contribution in [0.1, 0.15) is 37.0 Å². The molecule has 0 amide bonds. The van der Waals surface area contributed by atoms with E-state index in [4.69, 9.17) is 4.74 Å². The molecule has 1 fully saturated rings. The molecule has 3 heteroatoms. The highest BCUT2D eigenvalue weighted by atomic mass is 16.5. The third-order valence-corrected chi connectivity index (χ3v) is 2.85. The Kier molecular flexibility index (Phi) is 3.48. The Balaban J connectivity index is 2.11. The number of benzene rings is 1. The molecule has 1 atom stereocenters. The van der Waals surface area contributed by atoms with Crippen LogP contribution in [0, 0.1) is 5.92 Å². The van der Waals surface area contributed by atoms with Gasteiger partial charge in [-0.15, -0.1) is 0 Å². The molecule has 0 aliphatic heterocycles. The lowest BCUT2D eigenvalue weighted by Gasteiger charge is -2.13. The average molecular weight is 234 g/mol. The lowest BCUT2D eigenvalue weighted by atomic mass is 9.98. The Hall–Kier alpha value is -1.35. The number of ether oxygens (including phenoxy) is 1. The standard InChI is InChI=1S/C14H18O3/c1-9(2)13(15)14(16)10-4-3-5-12(8-10)17-11-6-7-11/h3-5,8-9,11,13,15H,6-7H2,1-2H3. The molecule has 17 heavy (non-hydrogen) atoms. The lowest BCUT2D eigenvalue weighted by Crippen LogP contribution is -2.26. The summed E-state index contributed by atoms with van der Waals surface area (Å²) in [5.74, 6) is 0.408. The third-order valence-electron chi connectivity index (χ3n) is 2.85. The van der Waals surface area contributed by atoms with Crippen LogP contribution in [0.2, 0.25) is 0 Å². The zero-order valence-corrected chi connectivity index (χ0v) is 10.2. The first kappa shape index (κ1) is 12.1.